The van der Waals surface area contributed by atoms with Gasteiger partial charge >= 0.3 is 0 Å². The molecule has 82 valence electrons. The summed E-state index contributed by atoms with van der Waals surface area (Å²) in [5.74, 6) is -0.394. The zero-order chi connectivity index (χ0) is 11.5. The minimum Gasteiger partial charge on any atom is -0.442 e. The number of carbonyl (C=O) groups is 1. The smallest absolute Gasteiger partial charge is 0.202 e. The summed E-state index contributed by atoms with van der Waals surface area (Å²) < 4.78 is 17.8. The Hall–Kier alpha value is -1.61. The number of carbonyl (C=O) groups excluding carboxylic acids is 1. The molecule has 0 radical (unpaired) electrons. The minimum absolute atomic E-state index is 0.0988. The van der Waals surface area contributed by atoms with E-state index >= 15 is 0 Å². The minimum atomic E-state index is -0.359. The third kappa shape index (κ3) is 2.49. The Morgan fingerprint density at radius 2 is 2.12 bits per heavy atom. The molecule has 0 spiro atoms. The van der Waals surface area contributed by atoms with E-state index in [1.54, 1.807) is 12.1 Å². The average molecular weight is 239 g/mol. The highest BCUT2D eigenvalue weighted by molar-refractivity contribution is 6.29. The lowest BCUT2D eigenvalue weighted by Gasteiger charge is -1.98. The van der Waals surface area contributed by atoms with E-state index in [2.05, 4.69) is 0 Å². The second-order valence-corrected chi connectivity index (χ2v) is 3.71. The van der Waals surface area contributed by atoms with Crippen LogP contribution in [-0.2, 0) is 6.42 Å². The van der Waals surface area contributed by atoms with Gasteiger partial charge in [0.05, 0.1) is 0 Å². The molecule has 4 heteroatoms. The van der Waals surface area contributed by atoms with Crippen molar-refractivity contribution in [2.24, 2.45) is 0 Å². The Bertz CT molecular complexity index is 519. The highest BCUT2D eigenvalue weighted by atomic mass is 35.5. The molecule has 0 aliphatic heterocycles. The molecular weight excluding hydrogens is 231 g/mol. The van der Waals surface area contributed by atoms with Crippen LogP contribution in [0.5, 0.6) is 0 Å². The fraction of sp³-hybridized carbons (Fsp3) is 0.0833. The molecule has 0 fully saturated rings. The topological polar surface area (TPSA) is 30.2 Å². The lowest BCUT2D eigenvalue weighted by molar-refractivity contribution is 0.0966. The van der Waals surface area contributed by atoms with Crippen LogP contribution >= 0.6 is 11.6 Å². The summed E-state index contributed by atoms with van der Waals surface area (Å²) >= 11 is 5.55. The first-order valence-corrected chi connectivity index (χ1v) is 5.06. The molecular formula is C12H8ClFO2. The van der Waals surface area contributed by atoms with E-state index in [0.717, 1.165) is 0 Å². The van der Waals surface area contributed by atoms with Crippen LogP contribution in [0.25, 0.3) is 0 Å². The van der Waals surface area contributed by atoms with Crippen molar-refractivity contribution in [3.8, 4) is 0 Å². The van der Waals surface area contributed by atoms with E-state index in [-0.39, 0.29) is 29.0 Å². The van der Waals surface area contributed by atoms with E-state index in [9.17, 15) is 9.18 Å². The van der Waals surface area contributed by atoms with Crippen molar-refractivity contribution in [1.82, 2.24) is 0 Å². The zero-order valence-corrected chi connectivity index (χ0v) is 9.00. The van der Waals surface area contributed by atoms with Crippen molar-refractivity contribution in [2.75, 3.05) is 0 Å². The van der Waals surface area contributed by atoms with Crippen LogP contribution in [-0.4, -0.2) is 5.78 Å². The van der Waals surface area contributed by atoms with Gasteiger partial charge in [-0.1, -0.05) is 12.1 Å². The summed E-state index contributed by atoms with van der Waals surface area (Å²) in [7, 11) is 0. The van der Waals surface area contributed by atoms with Gasteiger partial charge in [0.2, 0.25) is 5.78 Å². The number of hydrogen-bond donors (Lipinski definition) is 0. The Kier molecular flexibility index (Phi) is 3.06. The third-order valence-electron chi connectivity index (χ3n) is 2.10. The maximum atomic E-state index is 12.9. The number of ketones is 1. The molecule has 1 heterocycles. The van der Waals surface area contributed by atoms with Crippen LogP contribution in [0.4, 0.5) is 4.39 Å². The molecule has 16 heavy (non-hydrogen) atoms. The van der Waals surface area contributed by atoms with E-state index in [0.29, 0.717) is 5.56 Å². The molecule has 0 unspecified atom stereocenters. The number of Topliss-reactive ketones (excluding diaryl/α,β-unsaturated/α-hetero) is 1. The van der Waals surface area contributed by atoms with Gasteiger partial charge in [0, 0.05) is 6.42 Å². The van der Waals surface area contributed by atoms with E-state index < -0.39 is 0 Å². The quantitative estimate of drug-likeness (QED) is 0.766. The highest BCUT2D eigenvalue weighted by Crippen LogP contribution is 2.15. The largest absolute Gasteiger partial charge is 0.442 e. The van der Waals surface area contributed by atoms with E-state index in [1.807, 2.05) is 0 Å². The Labute approximate surface area is 96.6 Å². The maximum Gasteiger partial charge on any atom is 0.202 e. The van der Waals surface area contributed by atoms with Crippen molar-refractivity contribution in [3.05, 3.63) is 58.8 Å². The van der Waals surface area contributed by atoms with Crippen molar-refractivity contribution in [2.45, 2.75) is 6.42 Å². The molecule has 2 aromatic rings. The normalized spacial score (nSPS) is 10.4. The Balaban J connectivity index is 2.13. The maximum absolute atomic E-state index is 12.9. The lowest BCUT2D eigenvalue weighted by atomic mass is 10.1. The second-order valence-electron chi connectivity index (χ2n) is 3.33. The van der Waals surface area contributed by atoms with Crippen LogP contribution in [0.1, 0.15) is 16.1 Å². The molecule has 0 saturated heterocycles. The molecule has 0 N–H and O–H groups in total. The lowest BCUT2D eigenvalue weighted by Crippen LogP contribution is -2.02. The molecule has 0 saturated carbocycles. The molecule has 1 aromatic carbocycles. The highest BCUT2D eigenvalue weighted by Gasteiger charge is 2.11. The van der Waals surface area contributed by atoms with Gasteiger partial charge in [-0.05, 0) is 41.4 Å². The van der Waals surface area contributed by atoms with Gasteiger partial charge in [0.25, 0.3) is 0 Å². The van der Waals surface area contributed by atoms with Crippen LogP contribution < -0.4 is 0 Å². The summed E-state index contributed by atoms with van der Waals surface area (Å²) in [6.07, 6.45) is 0.0988. The SMILES string of the molecule is O=C(Cc1cccc(F)c1)c1ccc(Cl)o1. The van der Waals surface area contributed by atoms with Crippen LogP contribution in [0.3, 0.4) is 0 Å². The van der Waals surface area contributed by atoms with Gasteiger partial charge < -0.3 is 4.42 Å². The number of furan rings is 1. The first-order valence-electron chi connectivity index (χ1n) is 4.68. The molecule has 2 rings (SSSR count). The molecule has 1 aromatic heterocycles. The van der Waals surface area contributed by atoms with Crippen molar-refractivity contribution in [1.29, 1.82) is 0 Å². The number of hydrogen-bond acceptors (Lipinski definition) is 2. The summed E-state index contributed by atoms with van der Waals surface area (Å²) in [5, 5.41) is 0.169. The van der Waals surface area contributed by atoms with Crippen molar-refractivity contribution < 1.29 is 13.6 Å². The first-order chi connectivity index (χ1) is 7.65. The van der Waals surface area contributed by atoms with Crippen LogP contribution in [0.2, 0.25) is 5.22 Å². The second kappa shape index (κ2) is 4.49. The van der Waals surface area contributed by atoms with Gasteiger partial charge in [-0.15, -0.1) is 0 Å². The predicted octanol–water partition coefficient (Wildman–Crippen LogP) is 3.50. The molecule has 0 aliphatic carbocycles. The van der Waals surface area contributed by atoms with Gasteiger partial charge in [0.15, 0.2) is 11.0 Å². The third-order valence-corrected chi connectivity index (χ3v) is 2.30. The molecule has 0 amide bonds. The summed E-state index contributed by atoms with van der Waals surface area (Å²) in [5.41, 5.74) is 0.609. The fourth-order valence-corrected chi connectivity index (χ4v) is 1.53. The number of benzene rings is 1. The van der Waals surface area contributed by atoms with Crippen molar-refractivity contribution >= 4 is 17.4 Å². The summed E-state index contributed by atoms with van der Waals surface area (Å²) in [6, 6.07) is 8.91. The van der Waals surface area contributed by atoms with E-state index in [1.165, 1.54) is 24.3 Å². The standard InChI is InChI=1S/C12H8ClFO2/c13-12-5-4-11(16-12)10(15)7-8-2-1-3-9(14)6-8/h1-6H,7H2. The molecule has 0 bridgehead atoms. The first kappa shape index (κ1) is 10.9. The van der Waals surface area contributed by atoms with Gasteiger partial charge in [0.1, 0.15) is 5.82 Å². The Morgan fingerprint density at radius 1 is 1.31 bits per heavy atom. The number of rotatable bonds is 3. The zero-order valence-electron chi connectivity index (χ0n) is 8.24. The number of halogens is 2. The molecule has 2 nitrogen and oxygen atoms in total. The Morgan fingerprint density at radius 3 is 2.75 bits per heavy atom. The van der Waals surface area contributed by atoms with Gasteiger partial charge in [-0.3, -0.25) is 4.79 Å². The predicted molar refractivity (Wildman–Crippen MR) is 58.2 cm³/mol. The monoisotopic (exact) mass is 238 g/mol. The van der Waals surface area contributed by atoms with Gasteiger partial charge in [-0.25, -0.2) is 4.39 Å². The van der Waals surface area contributed by atoms with Gasteiger partial charge in [-0.2, -0.15) is 0 Å². The average Bonchev–Trinajstić information content (AvgIpc) is 2.65. The van der Waals surface area contributed by atoms with Crippen LogP contribution in [0, 0.1) is 5.82 Å². The molecule has 0 aliphatic rings. The van der Waals surface area contributed by atoms with E-state index in [4.69, 9.17) is 16.0 Å². The summed E-state index contributed by atoms with van der Waals surface area (Å²) in [4.78, 5) is 11.7. The molecule has 0 atom stereocenters. The fourth-order valence-electron chi connectivity index (χ4n) is 1.38. The summed E-state index contributed by atoms with van der Waals surface area (Å²) in [6.45, 7) is 0. The van der Waals surface area contributed by atoms with Crippen molar-refractivity contribution in [3.63, 3.8) is 0 Å². The van der Waals surface area contributed by atoms with Crippen LogP contribution in [0.15, 0.2) is 40.8 Å².